The average Bonchev–Trinajstić information content (AvgIpc) is 2.40. The summed E-state index contributed by atoms with van der Waals surface area (Å²) in [5.74, 6) is -0.0659. The Morgan fingerprint density at radius 2 is 2.36 bits per heavy atom. The predicted molar refractivity (Wildman–Crippen MR) is 52.4 cm³/mol. The third-order valence-corrected chi connectivity index (χ3v) is 3.03. The van der Waals surface area contributed by atoms with Crippen molar-refractivity contribution in [2.45, 2.75) is 24.9 Å². The van der Waals surface area contributed by atoms with Gasteiger partial charge in [-0.1, -0.05) is 13.0 Å². The monoisotopic (exact) mass is 195 g/mol. The summed E-state index contributed by atoms with van der Waals surface area (Å²) >= 11 is 0. The van der Waals surface area contributed by atoms with Gasteiger partial charge >= 0.3 is 0 Å². The highest BCUT2D eigenvalue weighted by Crippen LogP contribution is 2.43. The first kappa shape index (κ1) is 9.62. The van der Waals surface area contributed by atoms with Gasteiger partial charge in [-0.25, -0.2) is 4.39 Å². The van der Waals surface area contributed by atoms with E-state index in [2.05, 4.69) is 0 Å². The van der Waals surface area contributed by atoms with E-state index in [9.17, 15) is 9.50 Å². The molecule has 0 aromatic heterocycles. The van der Waals surface area contributed by atoms with Crippen molar-refractivity contribution in [3.8, 4) is 0 Å². The molecule has 2 rings (SSSR count). The zero-order valence-corrected chi connectivity index (χ0v) is 8.13. The van der Waals surface area contributed by atoms with Gasteiger partial charge in [0, 0.05) is 6.54 Å². The summed E-state index contributed by atoms with van der Waals surface area (Å²) in [7, 11) is 0. The van der Waals surface area contributed by atoms with Gasteiger partial charge in [0.05, 0.1) is 0 Å². The van der Waals surface area contributed by atoms with E-state index in [0.717, 1.165) is 5.56 Å². The van der Waals surface area contributed by atoms with Gasteiger partial charge in [0.1, 0.15) is 11.4 Å². The van der Waals surface area contributed by atoms with E-state index < -0.39 is 5.60 Å². The molecule has 1 aliphatic carbocycles. The first-order valence-corrected chi connectivity index (χ1v) is 4.79. The quantitative estimate of drug-likeness (QED) is 0.713. The number of fused-ring (bicyclic) bond motifs is 1. The summed E-state index contributed by atoms with van der Waals surface area (Å²) in [6, 6.07) is 4.56. The van der Waals surface area contributed by atoms with Crippen LogP contribution in [0.3, 0.4) is 0 Å². The third kappa shape index (κ3) is 1.24. The summed E-state index contributed by atoms with van der Waals surface area (Å²) in [5.41, 5.74) is 6.16. The van der Waals surface area contributed by atoms with E-state index in [-0.39, 0.29) is 18.3 Å². The molecule has 1 aliphatic rings. The van der Waals surface area contributed by atoms with Crippen LogP contribution in [0.5, 0.6) is 0 Å². The molecule has 0 aliphatic heterocycles. The molecule has 0 amide bonds. The van der Waals surface area contributed by atoms with Crippen molar-refractivity contribution in [3.63, 3.8) is 0 Å². The minimum absolute atomic E-state index is 0.147. The minimum Gasteiger partial charge on any atom is -0.384 e. The fourth-order valence-corrected chi connectivity index (χ4v) is 2.28. The van der Waals surface area contributed by atoms with Gasteiger partial charge in [-0.05, 0) is 35.6 Å². The molecule has 3 heteroatoms. The highest BCUT2D eigenvalue weighted by Gasteiger charge is 2.39. The number of hydrogen-bond acceptors (Lipinski definition) is 2. The molecule has 0 heterocycles. The molecule has 3 N–H and O–H groups in total. The van der Waals surface area contributed by atoms with E-state index in [1.807, 2.05) is 6.92 Å². The zero-order valence-electron chi connectivity index (χ0n) is 8.13. The Morgan fingerprint density at radius 1 is 1.64 bits per heavy atom. The first-order valence-electron chi connectivity index (χ1n) is 4.79. The van der Waals surface area contributed by atoms with Gasteiger partial charge in [-0.15, -0.1) is 0 Å². The highest BCUT2D eigenvalue weighted by molar-refractivity contribution is 5.40. The maximum atomic E-state index is 13.0. The molecule has 2 atom stereocenters. The van der Waals surface area contributed by atoms with Crippen LogP contribution < -0.4 is 5.73 Å². The Morgan fingerprint density at radius 3 is 3.00 bits per heavy atom. The van der Waals surface area contributed by atoms with Crippen LogP contribution in [0, 0.1) is 5.82 Å². The molecule has 2 unspecified atom stereocenters. The van der Waals surface area contributed by atoms with Crippen molar-refractivity contribution in [3.05, 3.63) is 35.1 Å². The third-order valence-electron chi connectivity index (χ3n) is 3.03. The number of halogens is 1. The second kappa shape index (κ2) is 3.04. The van der Waals surface area contributed by atoms with Crippen LogP contribution in [0.25, 0.3) is 0 Å². The van der Waals surface area contributed by atoms with Crippen molar-refractivity contribution in [2.75, 3.05) is 6.54 Å². The lowest BCUT2D eigenvalue weighted by Gasteiger charge is -2.21. The number of hydrogen-bond donors (Lipinski definition) is 2. The number of rotatable bonds is 1. The smallest absolute Gasteiger partial charge is 0.123 e. The van der Waals surface area contributed by atoms with Gasteiger partial charge < -0.3 is 10.8 Å². The zero-order chi connectivity index (χ0) is 10.3. The van der Waals surface area contributed by atoms with E-state index in [1.165, 1.54) is 12.1 Å². The maximum Gasteiger partial charge on any atom is 0.123 e. The molecular formula is C11H14FNO. The Labute approximate surface area is 82.5 Å². The molecule has 0 bridgehead atoms. The molecule has 0 fully saturated rings. The molecule has 1 aromatic carbocycles. The van der Waals surface area contributed by atoms with E-state index in [1.54, 1.807) is 6.07 Å². The minimum atomic E-state index is -1.03. The van der Waals surface area contributed by atoms with Gasteiger partial charge in [0.25, 0.3) is 0 Å². The number of aliphatic hydroxyl groups is 1. The van der Waals surface area contributed by atoms with E-state index in [4.69, 9.17) is 5.73 Å². The van der Waals surface area contributed by atoms with Crippen LogP contribution in [0.4, 0.5) is 4.39 Å². The highest BCUT2D eigenvalue weighted by atomic mass is 19.1. The van der Waals surface area contributed by atoms with Gasteiger partial charge in [-0.3, -0.25) is 0 Å². The summed E-state index contributed by atoms with van der Waals surface area (Å²) in [4.78, 5) is 0. The Hall–Kier alpha value is -0.930. The molecular weight excluding hydrogens is 181 g/mol. The lowest BCUT2D eigenvalue weighted by molar-refractivity contribution is 0.0437. The maximum absolute atomic E-state index is 13.0. The van der Waals surface area contributed by atoms with Crippen LogP contribution in [-0.4, -0.2) is 11.7 Å². The molecule has 14 heavy (non-hydrogen) atoms. The summed E-state index contributed by atoms with van der Waals surface area (Å²) in [6.45, 7) is 2.16. The molecule has 0 saturated carbocycles. The van der Waals surface area contributed by atoms with Gasteiger partial charge in [-0.2, -0.15) is 0 Å². The van der Waals surface area contributed by atoms with Crippen LogP contribution in [-0.2, 0) is 5.60 Å². The average molecular weight is 195 g/mol. The van der Waals surface area contributed by atoms with Gasteiger partial charge in [0.15, 0.2) is 0 Å². The molecule has 2 nitrogen and oxygen atoms in total. The van der Waals surface area contributed by atoms with Crippen molar-refractivity contribution in [1.29, 1.82) is 0 Å². The first-order chi connectivity index (χ1) is 6.57. The van der Waals surface area contributed by atoms with Crippen LogP contribution >= 0.6 is 0 Å². The SMILES string of the molecule is CC1CC(O)(CN)c2cc(F)ccc21. The van der Waals surface area contributed by atoms with Crippen LogP contribution in [0.1, 0.15) is 30.4 Å². The Kier molecular flexibility index (Phi) is 2.09. The van der Waals surface area contributed by atoms with Crippen molar-refractivity contribution >= 4 is 0 Å². The largest absolute Gasteiger partial charge is 0.384 e. The van der Waals surface area contributed by atoms with Crippen LogP contribution in [0.15, 0.2) is 18.2 Å². The summed E-state index contributed by atoms with van der Waals surface area (Å²) in [6.07, 6.45) is 0.586. The predicted octanol–water partition coefficient (Wildman–Crippen LogP) is 1.48. The fraction of sp³-hybridized carbons (Fsp3) is 0.455. The lowest BCUT2D eigenvalue weighted by Crippen LogP contribution is -2.32. The number of nitrogens with two attached hydrogens (primary N) is 1. The molecule has 1 aromatic rings. The topological polar surface area (TPSA) is 46.2 Å². The fourth-order valence-electron chi connectivity index (χ4n) is 2.28. The van der Waals surface area contributed by atoms with Crippen molar-refractivity contribution in [1.82, 2.24) is 0 Å². The van der Waals surface area contributed by atoms with Crippen molar-refractivity contribution in [2.24, 2.45) is 5.73 Å². The number of benzene rings is 1. The molecule has 0 saturated heterocycles. The van der Waals surface area contributed by atoms with E-state index >= 15 is 0 Å². The Balaban J connectivity index is 2.56. The molecule has 0 spiro atoms. The lowest BCUT2D eigenvalue weighted by atomic mass is 9.96. The summed E-state index contributed by atoms with van der Waals surface area (Å²) in [5, 5.41) is 10.2. The second-order valence-electron chi connectivity index (χ2n) is 4.07. The summed E-state index contributed by atoms with van der Waals surface area (Å²) < 4.78 is 13.0. The molecule has 76 valence electrons. The standard InChI is InChI=1S/C11H14FNO/c1-7-5-11(14,6-13)10-4-8(12)2-3-9(7)10/h2-4,7,14H,5-6,13H2,1H3. The second-order valence-corrected chi connectivity index (χ2v) is 4.07. The Bertz CT molecular complexity index is 366. The van der Waals surface area contributed by atoms with Gasteiger partial charge in [0.2, 0.25) is 0 Å². The normalized spacial score (nSPS) is 30.4. The van der Waals surface area contributed by atoms with Crippen molar-refractivity contribution < 1.29 is 9.50 Å². The van der Waals surface area contributed by atoms with E-state index in [0.29, 0.717) is 12.0 Å². The van der Waals surface area contributed by atoms with Crippen LogP contribution in [0.2, 0.25) is 0 Å². The molecule has 0 radical (unpaired) electrons.